The van der Waals surface area contributed by atoms with Gasteiger partial charge in [0.05, 0.1) is 24.8 Å². The Balaban J connectivity index is 1.65. The number of carbonyl (C=O) groups is 2. The molecule has 0 aliphatic heterocycles. The van der Waals surface area contributed by atoms with Gasteiger partial charge in [-0.3, -0.25) is 14.6 Å². The van der Waals surface area contributed by atoms with Crippen molar-refractivity contribution in [3.63, 3.8) is 0 Å². The van der Waals surface area contributed by atoms with Crippen LogP contribution in [0.3, 0.4) is 0 Å². The first-order chi connectivity index (χ1) is 16.4. The quantitative estimate of drug-likeness (QED) is 0.567. The maximum atomic E-state index is 12.7. The van der Waals surface area contributed by atoms with Crippen LogP contribution in [0.15, 0.2) is 30.5 Å². The second-order valence-electron chi connectivity index (χ2n) is 8.62. The van der Waals surface area contributed by atoms with Crippen molar-refractivity contribution >= 4 is 11.9 Å². The number of ether oxygens (including phenoxy) is 2. The number of aliphatic carboxylic acids is 1. The Morgan fingerprint density at radius 3 is 2.59 bits per heavy atom. The van der Waals surface area contributed by atoms with E-state index in [1.165, 1.54) is 6.07 Å². The van der Waals surface area contributed by atoms with Gasteiger partial charge in [-0.25, -0.2) is 0 Å². The lowest BCUT2D eigenvalue weighted by molar-refractivity contribution is -0.143. The van der Waals surface area contributed by atoms with E-state index in [9.17, 15) is 14.9 Å². The fourth-order valence-electron chi connectivity index (χ4n) is 4.25. The second kappa shape index (κ2) is 11.5. The third-order valence-electron chi connectivity index (χ3n) is 6.39. The van der Waals surface area contributed by atoms with Crippen LogP contribution in [0, 0.1) is 23.2 Å². The summed E-state index contributed by atoms with van der Waals surface area (Å²) in [4.78, 5) is 28.1. The van der Waals surface area contributed by atoms with Gasteiger partial charge in [0.25, 0.3) is 5.91 Å². The van der Waals surface area contributed by atoms with Crippen LogP contribution in [-0.2, 0) is 11.2 Å². The van der Waals surface area contributed by atoms with Crippen LogP contribution in [0.4, 0.5) is 0 Å². The van der Waals surface area contributed by atoms with E-state index in [2.05, 4.69) is 16.4 Å². The summed E-state index contributed by atoms with van der Waals surface area (Å²) in [5.74, 6) is -0.0224. The van der Waals surface area contributed by atoms with Gasteiger partial charge >= 0.3 is 5.97 Å². The molecule has 1 amide bonds. The van der Waals surface area contributed by atoms with Crippen LogP contribution >= 0.6 is 0 Å². The smallest absolute Gasteiger partial charge is 0.306 e. The number of nitriles is 1. The maximum Gasteiger partial charge on any atom is 0.306 e. The molecule has 0 radical (unpaired) electrons. The first-order valence-electron chi connectivity index (χ1n) is 11.6. The van der Waals surface area contributed by atoms with Gasteiger partial charge < -0.3 is 19.9 Å². The molecule has 34 heavy (non-hydrogen) atoms. The topological polar surface area (TPSA) is 122 Å². The molecule has 1 aromatic heterocycles. The molecule has 180 valence electrons. The Morgan fingerprint density at radius 1 is 1.24 bits per heavy atom. The summed E-state index contributed by atoms with van der Waals surface area (Å²) < 4.78 is 11.5. The lowest BCUT2D eigenvalue weighted by Gasteiger charge is -2.26. The summed E-state index contributed by atoms with van der Waals surface area (Å²) in [6, 6.07) is 8.85. The minimum atomic E-state index is -0.740. The first-order valence-corrected chi connectivity index (χ1v) is 11.6. The Bertz CT molecular complexity index is 1070. The summed E-state index contributed by atoms with van der Waals surface area (Å²) in [5, 5.41) is 21.7. The van der Waals surface area contributed by atoms with Gasteiger partial charge in [-0.05, 0) is 69.2 Å². The van der Waals surface area contributed by atoms with E-state index in [4.69, 9.17) is 14.6 Å². The van der Waals surface area contributed by atoms with Crippen molar-refractivity contribution in [3.05, 3.63) is 52.8 Å². The SMILES string of the molecule is CCc1cc(C(C)Oc2ccc(C(=O)NCC3CCC(C(=O)O)CC3)cc2C#N)c(OC)cn1. The van der Waals surface area contributed by atoms with Crippen LogP contribution in [0.1, 0.15) is 72.8 Å². The average molecular weight is 466 g/mol. The number of carboxylic acids is 1. The number of aromatic nitrogens is 1. The van der Waals surface area contributed by atoms with E-state index in [-0.39, 0.29) is 23.3 Å². The maximum absolute atomic E-state index is 12.7. The molecule has 2 aromatic rings. The third kappa shape index (κ3) is 6.04. The average Bonchev–Trinajstić information content (AvgIpc) is 2.87. The van der Waals surface area contributed by atoms with E-state index in [0.717, 1.165) is 30.5 Å². The molecule has 0 spiro atoms. The van der Waals surface area contributed by atoms with Crippen LogP contribution < -0.4 is 14.8 Å². The Morgan fingerprint density at radius 2 is 1.97 bits per heavy atom. The number of carbonyl (C=O) groups excluding carboxylic acids is 1. The van der Waals surface area contributed by atoms with Crippen LogP contribution in [0.5, 0.6) is 11.5 Å². The zero-order chi connectivity index (χ0) is 24.7. The highest BCUT2D eigenvalue weighted by atomic mass is 16.5. The molecule has 0 saturated heterocycles. The molecular formula is C26H31N3O5. The van der Waals surface area contributed by atoms with Crippen LogP contribution in [0.25, 0.3) is 0 Å². The lowest BCUT2D eigenvalue weighted by Crippen LogP contribution is -2.32. The fourth-order valence-corrected chi connectivity index (χ4v) is 4.25. The van der Waals surface area contributed by atoms with Crippen molar-refractivity contribution in [1.29, 1.82) is 5.26 Å². The molecule has 1 aromatic carbocycles. The summed E-state index contributed by atoms with van der Waals surface area (Å²) in [7, 11) is 1.57. The zero-order valence-electron chi connectivity index (χ0n) is 19.8. The normalized spacial score (nSPS) is 18.4. The minimum absolute atomic E-state index is 0.264. The van der Waals surface area contributed by atoms with Crippen molar-refractivity contribution in [3.8, 4) is 17.6 Å². The van der Waals surface area contributed by atoms with Gasteiger partial charge in [-0.1, -0.05) is 6.92 Å². The molecule has 0 bridgehead atoms. The van der Waals surface area contributed by atoms with Gasteiger partial charge in [0.2, 0.25) is 0 Å². The number of benzene rings is 1. The first kappa shape index (κ1) is 25.0. The Labute approximate surface area is 199 Å². The van der Waals surface area contributed by atoms with E-state index >= 15 is 0 Å². The number of methoxy groups -OCH3 is 1. The number of pyridine rings is 1. The fraction of sp³-hybridized carbons (Fsp3) is 0.462. The largest absolute Gasteiger partial charge is 0.495 e. The monoisotopic (exact) mass is 465 g/mol. The summed E-state index contributed by atoms with van der Waals surface area (Å²) in [5.41, 5.74) is 2.39. The minimum Gasteiger partial charge on any atom is -0.495 e. The molecule has 8 nitrogen and oxygen atoms in total. The number of hydrogen-bond acceptors (Lipinski definition) is 6. The van der Waals surface area contributed by atoms with E-state index in [0.29, 0.717) is 36.4 Å². The number of nitrogens with one attached hydrogen (secondary N) is 1. The zero-order valence-corrected chi connectivity index (χ0v) is 19.8. The standard InChI is InChI=1S/C26H31N3O5/c1-4-21-12-22(24(33-3)15-28-21)16(2)34-23-10-9-19(11-20(23)13-27)25(30)29-14-17-5-7-18(8-6-17)26(31)32/h9-12,15-18H,4-8,14H2,1-3H3,(H,29,30)(H,31,32). The third-order valence-corrected chi connectivity index (χ3v) is 6.39. The summed E-state index contributed by atoms with van der Waals surface area (Å²) >= 11 is 0. The molecule has 2 N–H and O–H groups in total. The molecule has 1 aliphatic rings. The van der Waals surface area contributed by atoms with Gasteiger partial charge in [0.15, 0.2) is 0 Å². The van der Waals surface area contributed by atoms with Crippen LogP contribution in [-0.4, -0.2) is 35.6 Å². The number of amides is 1. The predicted molar refractivity (Wildman–Crippen MR) is 126 cm³/mol. The highest BCUT2D eigenvalue weighted by molar-refractivity contribution is 5.94. The molecule has 1 aliphatic carbocycles. The van der Waals surface area contributed by atoms with E-state index in [1.54, 1.807) is 25.4 Å². The highest BCUT2D eigenvalue weighted by Gasteiger charge is 2.26. The lowest BCUT2D eigenvalue weighted by atomic mass is 9.82. The highest BCUT2D eigenvalue weighted by Crippen LogP contribution is 2.31. The van der Waals surface area contributed by atoms with Crippen LogP contribution in [0.2, 0.25) is 0 Å². The van der Waals surface area contributed by atoms with E-state index in [1.807, 2.05) is 19.9 Å². The predicted octanol–water partition coefficient (Wildman–Crippen LogP) is 4.29. The molecule has 1 saturated carbocycles. The summed E-state index contributed by atoms with van der Waals surface area (Å²) in [6.07, 6.45) is 4.89. The number of rotatable bonds is 9. The molecule has 1 heterocycles. The van der Waals surface area contributed by atoms with Crippen molar-refractivity contribution in [2.45, 2.75) is 52.1 Å². The second-order valence-corrected chi connectivity index (χ2v) is 8.62. The molecule has 3 rings (SSSR count). The number of nitrogens with zero attached hydrogens (tertiary/aromatic N) is 2. The Kier molecular flexibility index (Phi) is 8.47. The molecule has 8 heteroatoms. The van der Waals surface area contributed by atoms with Gasteiger partial charge in [0, 0.05) is 23.4 Å². The molecule has 1 fully saturated rings. The van der Waals surface area contributed by atoms with Crippen molar-refractivity contribution in [1.82, 2.24) is 10.3 Å². The number of hydrogen-bond donors (Lipinski definition) is 2. The number of carboxylic acid groups (broad SMARTS) is 1. The molecule has 1 atom stereocenters. The van der Waals surface area contributed by atoms with E-state index < -0.39 is 12.1 Å². The van der Waals surface area contributed by atoms with Crippen molar-refractivity contribution < 1.29 is 24.2 Å². The van der Waals surface area contributed by atoms with Gasteiger partial charge in [-0.2, -0.15) is 5.26 Å². The molecule has 1 unspecified atom stereocenters. The summed E-state index contributed by atoms with van der Waals surface area (Å²) in [6.45, 7) is 4.38. The number of aryl methyl sites for hydroxylation is 1. The van der Waals surface area contributed by atoms with Crippen molar-refractivity contribution in [2.75, 3.05) is 13.7 Å². The van der Waals surface area contributed by atoms with Gasteiger partial charge in [-0.15, -0.1) is 0 Å². The Hall–Kier alpha value is -3.60. The van der Waals surface area contributed by atoms with Crippen molar-refractivity contribution in [2.24, 2.45) is 11.8 Å². The molecular weight excluding hydrogens is 434 g/mol. The van der Waals surface area contributed by atoms with Gasteiger partial charge in [0.1, 0.15) is 23.7 Å².